The van der Waals surface area contributed by atoms with E-state index in [-0.39, 0.29) is 29.7 Å². The summed E-state index contributed by atoms with van der Waals surface area (Å²) in [4.78, 5) is 30.1. The Morgan fingerprint density at radius 3 is 3.08 bits per heavy atom. The van der Waals surface area contributed by atoms with E-state index in [1.54, 1.807) is 24.1 Å². The normalized spacial score (nSPS) is 17.7. The lowest BCUT2D eigenvalue weighted by Crippen LogP contribution is -2.49. The first-order chi connectivity index (χ1) is 11.5. The number of aromatic nitrogens is 3. The van der Waals surface area contributed by atoms with Crippen LogP contribution in [0.5, 0.6) is 0 Å². The number of fused-ring (bicyclic) bond motifs is 1. The molecule has 2 amide bonds. The molecule has 3 heterocycles. The zero-order chi connectivity index (χ0) is 17.1. The van der Waals surface area contributed by atoms with Gasteiger partial charge in [0.2, 0.25) is 11.2 Å². The Hall–Kier alpha value is -2.19. The number of hydrogen-bond acceptors (Lipinski definition) is 5. The molecule has 1 aliphatic rings. The van der Waals surface area contributed by atoms with Crippen molar-refractivity contribution < 1.29 is 9.59 Å². The molecule has 0 saturated carbocycles. The zero-order valence-corrected chi connectivity index (χ0v) is 14.1. The average molecular weight is 351 g/mol. The first-order valence-corrected chi connectivity index (χ1v) is 8.19. The van der Waals surface area contributed by atoms with Gasteiger partial charge in [0, 0.05) is 25.8 Å². The van der Waals surface area contributed by atoms with Crippen LogP contribution in [0.4, 0.5) is 0 Å². The van der Waals surface area contributed by atoms with Crippen LogP contribution in [-0.4, -0.2) is 64.0 Å². The minimum Gasteiger partial charge on any atom is -0.343 e. The predicted octanol–water partition coefficient (Wildman–Crippen LogP) is 0.323. The molecule has 3 rings (SSSR count). The predicted molar refractivity (Wildman–Crippen MR) is 89.0 cm³/mol. The summed E-state index contributed by atoms with van der Waals surface area (Å²) in [6, 6.07) is 3.45. The van der Waals surface area contributed by atoms with E-state index >= 15 is 0 Å². The number of piperidine rings is 1. The van der Waals surface area contributed by atoms with Crippen LogP contribution >= 0.6 is 11.6 Å². The smallest absolute Gasteiger partial charge is 0.253 e. The van der Waals surface area contributed by atoms with Gasteiger partial charge in [-0.2, -0.15) is 4.98 Å². The molecule has 1 atom stereocenters. The number of carbonyl (C=O) groups is 2. The van der Waals surface area contributed by atoms with Gasteiger partial charge in [0.1, 0.15) is 0 Å². The quantitative estimate of drug-likeness (QED) is 0.828. The van der Waals surface area contributed by atoms with E-state index in [2.05, 4.69) is 20.7 Å². The lowest BCUT2D eigenvalue weighted by molar-refractivity contribution is -0.131. The van der Waals surface area contributed by atoms with Gasteiger partial charge in [-0.05, 0) is 43.1 Å². The molecule has 8 nitrogen and oxygen atoms in total. The van der Waals surface area contributed by atoms with Crippen LogP contribution in [0.3, 0.4) is 0 Å². The lowest BCUT2D eigenvalue weighted by Gasteiger charge is -2.31. The third-order valence-electron chi connectivity index (χ3n) is 4.18. The van der Waals surface area contributed by atoms with Crippen molar-refractivity contribution in [2.24, 2.45) is 0 Å². The van der Waals surface area contributed by atoms with Gasteiger partial charge >= 0.3 is 0 Å². The molecule has 0 bridgehead atoms. The minimum atomic E-state index is -0.341. The average Bonchev–Trinajstić information content (AvgIpc) is 2.98. The molecule has 1 unspecified atom stereocenters. The SMILES string of the molecule is CN(C(=O)CNC(=O)c1ccc2nc(Cl)nn2c1)C1CCCNC1. The van der Waals surface area contributed by atoms with Gasteiger partial charge in [0.05, 0.1) is 12.1 Å². The highest BCUT2D eigenvalue weighted by atomic mass is 35.5. The van der Waals surface area contributed by atoms with Crippen molar-refractivity contribution in [3.8, 4) is 0 Å². The first-order valence-electron chi connectivity index (χ1n) is 7.81. The van der Waals surface area contributed by atoms with Crippen LogP contribution in [0.1, 0.15) is 23.2 Å². The van der Waals surface area contributed by atoms with Gasteiger partial charge < -0.3 is 15.5 Å². The summed E-state index contributed by atoms with van der Waals surface area (Å²) in [5, 5.41) is 9.98. The van der Waals surface area contributed by atoms with E-state index < -0.39 is 0 Å². The van der Waals surface area contributed by atoms with Gasteiger partial charge in [-0.3, -0.25) is 9.59 Å². The van der Waals surface area contributed by atoms with Gasteiger partial charge in [-0.25, -0.2) is 4.52 Å². The molecule has 2 aromatic heterocycles. The first kappa shape index (κ1) is 16.7. The van der Waals surface area contributed by atoms with Crippen LogP contribution in [0, 0.1) is 0 Å². The van der Waals surface area contributed by atoms with Gasteiger partial charge in [0.15, 0.2) is 5.65 Å². The van der Waals surface area contributed by atoms with Crippen LogP contribution in [0.2, 0.25) is 5.28 Å². The van der Waals surface area contributed by atoms with Gasteiger partial charge in [0.25, 0.3) is 5.91 Å². The largest absolute Gasteiger partial charge is 0.343 e. The maximum Gasteiger partial charge on any atom is 0.253 e. The van der Waals surface area contributed by atoms with E-state index in [4.69, 9.17) is 11.6 Å². The summed E-state index contributed by atoms with van der Waals surface area (Å²) in [6.45, 7) is 1.74. The molecule has 2 aromatic rings. The van der Waals surface area contributed by atoms with Crippen molar-refractivity contribution in [3.63, 3.8) is 0 Å². The fourth-order valence-corrected chi connectivity index (χ4v) is 2.91. The lowest BCUT2D eigenvalue weighted by atomic mass is 10.1. The van der Waals surface area contributed by atoms with E-state index in [9.17, 15) is 9.59 Å². The fourth-order valence-electron chi connectivity index (χ4n) is 2.74. The standard InChI is InChI=1S/C15H19ClN6O2/c1-21(11-3-2-6-17-7-11)13(23)8-18-14(24)10-4-5-12-19-15(16)20-22(12)9-10/h4-5,9,11,17H,2-3,6-8H2,1H3,(H,18,24). The van der Waals surface area contributed by atoms with Crippen LogP contribution in [0.15, 0.2) is 18.3 Å². The number of amides is 2. The number of halogens is 1. The molecule has 1 saturated heterocycles. The number of nitrogens with one attached hydrogen (secondary N) is 2. The number of nitrogens with zero attached hydrogens (tertiary/aromatic N) is 4. The molecular formula is C15H19ClN6O2. The van der Waals surface area contributed by atoms with Gasteiger partial charge in [-0.1, -0.05) is 0 Å². The summed E-state index contributed by atoms with van der Waals surface area (Å²) in [7, 11) is 1.77. The number of pyridine rings is 1. The minimum absolute atomic E-state index is 0.0397. The molecule has 0 aromatic carbocycles. The molecule has 2 N–H and O–H groups in total. The summed E-state index contributed by atoms with van der Waals surface area (Å²) in [6.07, 6.45) is 3.56. The molecule has 0 spiro atoms. The maximum absolute atomic E-state index is 12.2. The van der Waals surface area contributed by atoms with Crippen LogP contribution < -0.4 is 10.6 Å². The monoisotopic (exact) mass is 350 g/mol. The second kappa shape index (κ2) is 7.14. The Bertz CT molecular complexity index is 756. The molecule has 128 valence electrons. The number of carbonyl (C=O) groups excluding carboxylic acids is 2. The molecule has 1 fully saturated rings. The highest BCUT2D eigenvalue weighted by Gasteiger charge is 2.22. The molecule has 9 heteroatoms. The van der Waals surface area contributed by atoms with Crippen LogP contribution in [-0.2, 0) is 4.79 Å². The van der Waals surface area contributed by atoms with Crippen molar-refractivity contribution in [3.05, 3.63) is 29.2 Å². The maximum atomic E-state index is 12.2. The molecule has 1 aliphatic heterocycles. The van der Waals surface area contributed by atoms with Crippen molar-refractivity contribution >= 4 is 29.1 Å². The van der Waals surface area contributed by atoms with E-state index in [1.807, 2.05) is 0 Å². The Morgan fingerprint density at radius 1 is 1.50 bits per heavy atom. The Kier molecular flexibility index (Phi) is 4.96. The van der Waals surface area contributed by atoms with Crippen molar-refractivity contribution in [1.82, 2.24) is 30.1 Å². The van der Waals surface area contributed by atoms with Crippen molar-refractivity contribution in [2.45, 2.75) is 18.9 Å². The third kappa shape index (κ3) is 3.65. The molecular weight excluding hydrogens is 332 g/mol. The summed E-state index contributed by atoms with van der Waals surface area (Å²) in [5.74, 6) is -0.450. The Morgan fingerprint density at radius 2 is 2.33 bits per heavy atom. The molecule has 0 aliphatic carbocycles. The number of hydrogen-bond donors (Lipinski definition) is 2. The second-order valence-electron chi connectivity index (χ2n) is 5.79. The van der Waals surface area contributed by atoms with Crippen molar-refractivity contribution in [1.29, 1.82) is 0 Å². The molecule has 0 radical (unpaired) electrons. The second-order valence-corrected chi connectivity index (χ2v) is 6.13. The highest BCUT2D eigenvalue weighted by Crippen LogP contribution is 2.09. The van der Waals surface area contributed by atoms with E-state index in [0.29, 0.717) is 11.2 Å². The topological polar surface area (TPSA) is 91.6 Å². The fraction of sp³-hybridized carbons (Fsp3) is 0.467. The Balaban J connectivity index is 1.58. The van der Waals surface area contributed by atoms with E-state index in [0.717, 1.165) is 25.9 Å². The Labute approximate surface area is 144 Å². The summed E-state index contributed by atoms with van der Waals surface area (Å²) >= 11 is 5.73. The third-order valence-corrected chi connectivity index (χ3v) is 4.34. The summed E-state index contributed by atoms with van der Waals surface area (Å²) < 4.78 is 1.43. The summed E-state index contributed by atoms with van der Waals surface area (Å²) in [5.41, 5.74) is 0.941. The van der Waals surface area contributed by atoms with Crippen LogP contribution in [0.25, 0.3) is 5.65 Å². The number of likely N-dealkylation sites (N-methyl/N-ethyl adjacent to an activating group) is 1. The van der Waals surface area contributed by atoms with E-state index in [1.165, 1.54) is 10.7 Å². The number of rotatable bonds is 4. The van der Waals surface area contributed by atoms with Gasteiger partial charge in [-0.15, -0.1) is 5.10 Å². The highest BCUT2D eigenvalue weighted by molar-refractivity contribution is 6.28. The van der Waals surface area contributed by atoms with Crippen molar-refractivity contribution in [2.75, 3.05) is 26.7 Å². The zero-order valence-electron chi connectivity index (χ0n) is 13.3. The molecule has 24 heavy (non-hydrogen) atoms.